The van der Waals surface area contributed by atoms with Crippen LogP contribution in [0.2, 0.25) is 0 Å². The molecule has 0 amide bonds. The molecule has 1 fully saturated rings. The normalized spacial score (nSPS) is 15.9. The zero-order valence-electron chi connectivity index (χ0n) is 8.52. The first-order chi connectivity index (χ1) is 6.81. The van der Waals surface area contributed by atoms with E-state index in [1.54, 1.807) is 6.07 Å². The van der Waals surface area contributed by atoms with Gasteiger partial charge in [-0.15, -0.1) is 0 Å². The highest BCUT2D eigenvalue weighted by Gasteiger charge is 2.23. The van der Waals surface area contributed by atoms with Gasteiger partial charge in [0.1, 0.15) is 5.82 Å². The fraction of sp³-hybridized carbons (Fsp3) is 0.500. The number of hydrogen-bond donors (Lipinski definition) is 1. The van der Waals surface area contributed by atoms with Crippen LogP contribution in [0.15, 0.2) is 18.2 Å². The molecule has 1 N–H and O–H groups in total. The van der Waals surface area contributed by atoms with Gasteiger partial charge in [0, 0.05) is 12.1 Å². The van der Waals surface area contributed by atoms with Crippen molar-refractivity contribution in [3.05, 3.63) is 35.1 Å². The lowest BCUT2D eigenvalue weighted by Crippen LogP contribution is -2.13. The molecule has 2 rings (SSSR count). The third-order valence-electron chi connectivity index (χ3n) is 2.68. The molecule has 0 spiro atoms. The molecule has 2 heteroatoms. The molecule has 1 aromatic carbocycles. The van der Waals surface area contributed by atoms with Crippen molar-refractivity contribution in [2.24, 2.45) is 0 Å². The lowest BCUT2D eigenvalue weighted by Gasteiger charge is -2.06. The number of nitrogens with one attached hydrogen (secondary N) is 1. The Morgan fingerprint density at radius 2 is 2.21 bits per heavy atom. The predicted molar refractivity (Wildman–Crippen MR) is 55.8 cm³/mol. The molecule has 1 aromatic rings. The van der Waals surface area contributed by atoms with E-state index in [1.165, 1.54) is 18.4 Å². The number of benzene rings is 1. The SMILES string of the molecule is CCNCc1cc(C2CC2)ccc1F. The first-order valence-electron chi connectivity index (χ1n) is 5.30. The van der Waals surface area contributed by atoms with Gasteiger partial charge >= 0.3 is 0 Å². The molecule has 14 heavy (non-hydrogen) atoms. The molecule has 1 aliphatic carbocycles. The van der Waals surface area contributed by atoms with E-state index in [2.05, 4.69) is 5.32 Å². The Balaban J connectivity index is 2.14. The van der Waals surface area contributed by atoms with Crippen LogP contribution in [-0.4, -0.2) is 6.54 Å². The molecular weight excluding hydrogens is 177 g/mol. The quantitative estimate of drug-likeness (QED) is 0.775. The van der Waals surface area contributed by atoms with Crippen molar-refractivity contribution in [1.82, 2.24) is 5.32 Å². The highest BCUT2D eigenvalue weighted by Crippen LogP contribution is 2.40. The van der Waals surface area contributed by atoms with Crippen molar-refractivity contribution in [2.75, 3.05) is 6.54 Å². The molecule has 76 valence electrons. The lowest BCUT2D eigenvalue weighted by atomic mass is 10.1. The van der Waals surface area contributed by atoms with Crippen molar-refractivity contribution in [3.63, 3.8) is 0 Å². The van der Waals surface area contributed by atoms with Gasteiger partial charge in [-0.3, -0.25) is 0 Å². The average Bonchev–Trinajstić information content (AvgIpc) is 3.00. The van der Waals surface area contributed by atoms with E-state index in [1.807, 2.05) is 19.1 Å². The largest absolute Gasteiger partial charge is 0.313 e. The summed E-state index contributed by atoms with van der Waals surface area (Å²) >= 11 is 0. The maximum absolute atomic E-state index is 13.3. The van der Waals surface area contributed by atoms with Crippen LogP contribution in [0.3, 0.4) is 0 Å². The van der Waals surface area contributed by atoms with E-state index < -0.39 is 0 Å². The molecule has 0 atom stereocenters. The van der Waals surface area contributed by atoms with Gasteiger partial charge in [0.05, 0.1) is 0 Å². The minimum Gasteiger partial charge on any atom is -0.313 e. The minimum absolute atomic E-state index is 0.0876. The van der Waals surface area contributed by atoms with Crippen molar-refractivity contribution in [3.8, 4) is 0 Å². The van der Waals surface area contributed by atoms with Gasteiger partial charge in [-0.25, -0.2) is 4.39 Å². The number of rotatable bonds is 4. The van der Waals surface area contributed by atoms with Gasteiger partial charge in [0.25, 0.3) is 0 Å². The van der Waals surface area contributed by atoms with E-state index in [9.17, 15) is 4.39 Å². The molecule has 0 bridgehead atoms. The van der Waals surface area contributed by atoms with Crippen LogP contribution in [0.5, 0.6) is 0 Å². The molecule has 0 heterocycles. The second-order valence-electron chi connectivity index (χ2n) is 3.91. The van der Waals surface area contributed by atoms with Gasteiger partial charge in [-0.05, 0) is 36.9 Å². The summed E-state index contributed by atoms with van der Waals surface area (Å²) in [5.74, 6) is 0.617. The average molecular weight is 193 g/mol. The van der Waals surface area contributed by atoms with E-state index in [4.69, 9.17) is 0 Å². The van der Waals surface area contributed by atoms with Crippen LogP contribution in [0.4, 0.5) is 4.39 Å². The van der Waals surface area contributed by atoms with Crippen LogP contribution in [0.1, 0.15) is 36.8 Å². The standard InChI is InChI=1S/C12H16FN/c1-2-14-8-11-7-10(9-3-4-9)5-6-12(11)13/h5-7,9,14H,2-4,8H2,1H3. The van der Waals surface area contributed by atoms with Crippen molar-refractivity contribution < 1.29 is 4.39 Å². The minimum atomic E-state index is -0.0876. The number of halogens is 1. The van der Waals surface area contributed by atoms with E-state index >= 15 is 0 Å². The van der Waals surface area contributed by atoms with Crippen LogP contribution in [-0.2, 0) is 6.54 Å². The first-order valence-corrected chi connectivity index (χ1v) is 5.30. The molecule has 0 aromatic heterocycles. The van der Waals surface area contributed by atoms with E-state index in [0.717, 1.165) is 12.1 Å². The first kappa shape index (κ1) is 9.66. The topological polar surface area (TPSA) is 12.0 Å². The van der Waals surface area contributed by atoms with Gasteiger partial charge in [-0.1, -0.05) is 19.1 Å². The Hall–Kier alpha value is -0.890. The summed E-state index contributed by atoms with van der Waals surface area (Å²) < 4.78 is 13.3. The van der Waals surface area contributed by atoms with Crippen molar-refractivity contribution in [1.29, 1.82) is 0 Å². The van der Waals surface area contributed by atoms with Crippen LogP contribution < -0.4 is 5.32 Å². The van der Waals surface area contributed by atoms with Crippen LogP contribution in [0, 0.1) is 5.82 Å². The van der Waals surface area contributed by atoms with Crippen molar-refractivity contribution >= 4 is 0 Å². The zero-order chi connectivity index (χ0) is 9.97. The molecule has 1 saturated carbocycles. The summed E-state index contributed by atoms with van der Waals surface area (Å²) in [4.78, 5) is 0. The van der Waals surface area contributed by atoms with E-state index in [-0.39, 0.29) is 5.82 Å². The summed E-state index contributed by atoms with van der Waals surface area (Å²) in [5.41, 5.74) is 2.11. The van der Waals surface area contributed by atoms with Gasteiger partial charge in [-0.2, -0.15) is 0 Å². The second kappa shape index (κ2) is 4.09. The lowest BCUT2D eigenvalue weighted by molar-refractivity contribution is 0.592. The molecular formula is C12H16FN. The monoisotopic (exact) mass is 193 g/mol. The van der Waals surface area contributed by atoms with Crippen molar-refractivity contribution in [2.45, 2.75) is 32.2 Å². The molecule has 0 saturated heterocycles. The maximum Gasteiger partial charge on any atom is 0.127 e. The molecule has 1 nitrogen and oxygen atoms in total. The predicted octanol–water partition coefficient (Wildman–Crippen LogP) is 2.81. The molecule has 0 aliphatic heterocycles. The summed E-state index contributed by atoms with van der Waals surface area (Å²) in [6.45, 7) is 3.55. The Morgan fingerprint density at radius 3 is 2.86 bits per heavy atom. The Bertz CT molecular complexity index is 318. The van der Waals surface area contributed by atoms with Gasteiger partial charge in [0.2, 0.25) is 0 Å². The summed E-state index contributed by atoms with van der Waals surface area (Å²) in [5, 5.41) is 3.15. The van der Waals surface area contributed by atoms with Gasteiger partial charge < -0.3 is 5.32 Å². The van der Waals surface area contributed by atoms with Gasteiger partial charge in [0.15, 0.2) is 0 Å². The summed E-state index contributed by atoms with van der Waals surface area (Å²) in [6.07, 6.45) is 2.54. The fourth-order valence-electron chi connectivity index (χ4n) is 1.66. The highest BCUT2D eigenvalue weighted by atomic mass is 19.1. The molecule has 1 aliphatic rings. The third kappa shape index (κ3) is 2.13. The summed E-state index contributed by atoms with van der Waals surface area (Å²) in [6, 6.07) is 5.53. The fourth-order valence-corrected chi connectivity index (χ4v) is 1.66. The van der Waals surface area contributed by atoms with E-state index in [0.29, 0.717) is 12.5 Å². The second-order valence-corrected chi connectivity index (χ2v) is 3.91. The Kier molecular flexibility index (Phi) is 2.82. The smallest absolute Gasteiger partial charge is 0.127 e. The highest BCUT2D eigenvalue weighted by molar-refractivity contribution is 5.30. The number of hydrogen-bond acceptors (Lipinski definition) is 1. The van der Waals surface area contributed by atoms with Crippen LogP contribution >= 0.6 is 0 Å². The molecule has 0 unspecified atom stereocenters. The van der Waals surface area contributed by atoms with Crippen LogP contribution in [0.25, 0.3) is 0 Å². The third-order valence-corrected chi connectivity index (χ3v) is 2.68. The Labute approximate surface area is 84.3 Å². The maximum atomic E-state index is 13.3. The zero-order valence-corrected chi connectivity index (χ0v) is 8.52. The Morgan fingerprint density at radius 1 is 1.43 bits per heavy atom. The summed E-state index contributed by atoms with van der Waals surface area (Å²) in [7, 11) is 0. The molecule has 0 radical (unpaired) electrons.